The van der Waals surface area contributed by atoms with Gasteiger partial charge in [0.15, 0.2) is 0 Å². The number of hydrogen-bond donors (Lipinski definition) is 4. The van der Waals surface area contributed by atoms with E-state index in [-0.39, 0.29) is 5.91 Å². The average Bonchev–Trinajstić information content (AvgIpc) is 2.68. The van der Waals surface area contributed by atoms with Gasteiger partial charge in [0.25, 0.3) is 5.91 Å². The van der Waals surface area contributed by atoms with E-state index in [1.165, 1.54) is 11.9 Å². The van der Waals surface area contributed by atoms with Crippen molar-refractivity contribution in [2.24, 2.45) is 5.14 Å². The first-order valence-electron chi connectivity index (χ1n) is 7.81. The van der Waals surface area contributed by atoms with Crippen LogP contribution in [0.1, 0.15) is 10.4 Å². The van der Waals surface area contributed by atoms with Crippen molar-refractivity contribution >= 4 is 46.9 Å². The molecule has 0 spiro atoms. The van der Waals surface area contributed by atoms with Crippen LogP contribution in [-0.4, -0.2) is 5.91 Å². The summed E-state index contributed by atoms with van der Waals surface area (Å²) in [5.41, 5.74) is 8.61. The lowest BCUT2D eigenvalue weighted by atomic mass is 10.2. The number of carbonyl (C=O) groups excluding carboxylic acids is 1. The maximum atomic E-state index is 12.3. The topological polar surface area (TPSA) is 93.2 Å². The molecule has 0 atom stereocenters. The fourth-order valence-electron chi connectivity index (χ4n) is 2.23. The summed E-state index contributed by atoms with van der Waals surface area (Å²) in [7, 11) is 0. The molecule has 0 heterocycles. The largest absolute Gasteiger partial charge is 0.398 e. The highest BCUT2D eigenvalue weighted by Crippen LogP contribution is 2.24. The predicted octanol–water partition coefficient (Wildman–Crippen LogP) is 4.61. The minimum atomic E-state index is -0.215. The van der Waals surface area contributed by atoms with Crippen molar-refractivity contribution in [1.29, 1.82) is 0 Å². The highest BCUT2D eigenvalue weighted by atomic mass is 32.2. The number of carbonyl (C=O) groups is 1. The summed E-state index contributed by atoms with van der Waals surface area (Å²) in [6.07, 6.45) is 0. The summed E-state index contributed by atoms with van der Waals surface area (Å²) in [4.78, 5) is 14.1. The predicted molar refractivity (Wildman–Crippen MR) is 111 cm³/mol. The van der Waals surface area contributed by atoms with Gasteiger partial charge in [0.2, 0.25) is 0 Å². The number of nitrogens with one attached hydrogen (secondary N) is 2. The second-order valence-electron chi connectivity index (χ2n) is 5.42. The highest BCUT2D eigenvalue weighted by molar-refractivity contribution is 8.00. The molecule has 0 aliphatic heterocycles. The number of para-hydroxylation sites is 1. The molecule has 132 valence electrons. The van der Waals surface area contributed by atoms with Crippen LogP contribution in [0.15, 0.2) is 82.6 Å². The highest BCUT2D eigenvalue weighted by Gasteiger charge is 2.09. The van der Waals surface area contributed by atoms with Crippen LogP contribution in [-0.2, 0) is 0 Å². The van der Waals surface area contributed by atoms with Crippen LogP contribution >= 0.6 is 23.9 Å². The molecule has 1 amide bonds. The summed E-state index contributed by atoms with van der Waals surface area (Å²) < 4.78 is 3.27. The molecule has 6 N–H and O–H groups in total. The van der Waals surface area contributed by atoms with Gasteiger partial charge in [0.05, 0.1) is 0 Å². The molecule has 3 rings (SSSR count). The van der Waals surface area contributed by atoms with Crippen LogP contribution < -0.4 is 20.9 Å². The Labute approximate surface area is 160 Å². The van der Waals surface area contributed by atoms with E-state index in [1.807, 2.05) is 54.6 Å². The Hall–Kier alpha value is -2.61. The molecule has 0 aliphatic carbocycles. The maximum Gasteiger partial charge on any atom is 0.255 e. The van der Waals surface area contributed by atoms with E-state index in [2.05, 4.69) is 10.0 Å². The summed E-state index contributed by atoms with van der Waals surface area (Å²) in [5.74, 6) is -0.215. The van der Waals surface area contributed by atoms with Gasteiger partial charge >= 0.3 is 0 Å². The average molecular weight is 383 g/mol. The standard InChI is InChI=1S/C19H18N4OS2/c20-17-12-13(6-11-18(17)25-21)19(24)22-14-7-9-16(10-8-14)26-23-15-4-2-1-3-5-15/h1-12,23H,20-21H2,(H,22,24). The second kappa shape index (κ2) is 8.66. The lowest BCUT2D eigenvalue weighted by Gasteiger charge is -2.09. The molecule has 0 bridgehead atoms. The van der Waals surface area contributed by atoms with Gasteiger partial charge in [-0.2, -0.15) is 0 Å². The number of amides is 1. The van der Waals surface area contributed by atoms with Gasteiger partial charge in [0.1, 0.15) is 0 Å². The van der Waals surface area contributed by atoms with Crippen molar-refractivity contribution in [1.82, 2.24) is 0 Å². The van der Waals surface area contributed by atoms with E-state index < -0.39 is 0 Å². The third-order valence-electron chi connectivity index (χ3n) is 3.57. The number of hydrogen-bond acceptors (Lipinski definition) is 6. The van der Waals surface area contributed by atoms with Gasteiger partial charge in [0, 0.05) is 32.4 Å². The van der Waals surface area contributed by atoms with Crippen LogP contribution in [0.4, 0.5) is 17.1 Å². The smallest absolute Gasteiger partial charge is 0.255 e. The van der Waals surface area contributed by atoms with Crippen LogP contribution in [0.25, 0.3) is 0 Å². The molecule has 0 aliphatic rings. The molecule has 3 aromatic rings. The molecule has 26 heavy (non-hydrogen) atoms. The first kappa shape index (κ1) is 18.2. The number of nitrogens with two attached hydrogens (primary N) is 2. The van der Waals surface area contributed by atoms with Crippen molar-refractivity contribution in [3.63, 3.8) is 0 Å². The molecule has 5 nitrogen and oxygen atoms in total. The summed E-state index contributed by atoms with van der Waals surface area (Å²) in [6.45, 7) is 0. The fraction of sp³-hybridized carbons (Fsp3) is 0. The van der Waals surface area contributed by atoms with Crippen LogP contribution in [0.5, 0.6) is 0 Å². The van der Waals surface area contributed by atoms with Crippen molar-refractivity contribution in [3.8, 4) is 0 Å². The zero-order chi connectivity index (χ0) is 18.4. The molecule has 7 heteroatoms. The fourth-order valence-corrected chi connectivity index (χ4v) is 3.22. The Balaban J connectivity index is 1.60. The third kappa shape index (κ3) is 4.72. The summed E-state index contributed by atoms with van der Waals surface area (Å²) in [6, 6.07) is 22.6. The number of benzene rings is 3. The molecule has 0 radical (unpaired) electrons. The van der Waals surface area contributed by atoms with Gasteiger partial charge in [-0.1, -0.05) is 18.2 Å². The quantitative estimate of drug-likeness (QED) is 0.368. The van der Waals surface area contributed by atoms with Crippen molar-refractivity contribution in [2.75, 3.05) is 15.8 Å². The van der Waals surface area contributed by atoms with Crippen LogP contribution in [0.3, 0.4) is 0 Å². The molecular weight excluding hydrogens is 364 g/mol. The minimum Gasteiger partial charge on any atom is -0.398 e. The van der Waals surface area contributed by atoms with Gasteiger partial charge in [-0.25, -0.2) is 0 Å². The SMILES string of the molecule is NSc1ccc(C(=O)Nc2ccc(SNc3ccccc3)cc2)cc1N. The summed E-state index contributed by atoms with van der Waals surface area (Å²) in [5, 5.41) is 8.37. The number of nitrogen functional groups attached to an aromatic ring is 1. The van der Waals surface area contributed by atoms with E-state index in [0.29, 0.717) is 11.3 Å². The molecule has 0 saturated heterocycles. The van der Waals surface area contributed by atoms with E-state index >= 15 is 0 Å². The Bertz CT molecular complexity index is 886. The first-order valence-corrected chi connectivity index (χ1v) is 9.51. The zero-order valence-corrected chi connectivity index (χ0v) is 15.4. The van der Waals surface area contributed by atoms with E-state index in [1.54, 1.807) is 18.2 Å². The molecular formula is C19H18N4OS2. The van der Waals surface area contributed by atoms with Gasteiger partial charge in [-0.05, 0) is 78.5 Å². The first-order chi connectivity index (χ1) is 12.7. The lowest BCUT2D eigenvalue weighted by Crippen LogP contribution is -2.12. The zero-order valence-electron chi connectivity index (χ0n) is 13.8. The monoisotopic (exact) mass is 382 g/mol. The lowest BCUT2D eigenvalue weighted by molar-refractivity contribution is 0.102. The molecule has 3 aromatic carbocycles. The van der Waals surface area contributed by atoms with E-state index in [0.717, 1.165) is 33.1 Å². The number of anilines is 3. The minimum absolute atomic E-state index is 0.215. The Kier molecular flexibility index (Phi) is 6.06. The number of rotatable bonds is 6. The Morgan fingerprint density at radius 3 is 2.27 bits per heavy atom. The molecule has 0 saturated carbocycles. The second-order valence-corrected chi connectivity index (χ2v) is 6.97. The van der Waals surface area contributed by atoms with Crippen molar-refractivity contribution in [3.05, 3.63) is 78.4 Å². The van der Waals surface area contributed by atoms with Crippen molar-refractivity contribution in [2.45, 2.75) is 9.79 Å². The normalized spacial score (nSPS) is 10.3. The Morgan fingerprint density at radius 1 is 0.885 bits per heavy atom. The van der Waals surface area contributed by atoms with Gasteiger partial charge in [-0.15, -0.1) is 0 Å². The molecule has 0 aromatic heterocycles. The summed E-state index contributed by atoms with van der Waals surface area (Å²) >= 11 is 2.57. The molecule has 0 fully saturated rings. The third-order valence-corrected chi connectivity index (χ3v) is 5.04. The maximum absolute atomic E-state index is 12.3. The van der Waals surface area contributed by atoms with Gasteiger partial charge in [-0.3, -0.25) is 9.93 Å². The van der Waals surface area contributed by atoms with Gasteiger partial charge < -0.3 is 15.8 Å². The molecule has 0 unspecified atom stereocenters. The van der Waals surface area contributed by atoms with E-state index in [9.17, 15) is 4.79 Å². The van der Waals surface area contributed by atoms with E-state index in [4.69, 9.17) is 10.9 Å². The van der Waals surface area contributed by atoms with Crippen molar-refractivity contribution < 1.29 is 4.79 Å². The Morgan fingerprint density at radius 2 is 1.62 bits per heavy atom. The van der Waals surface area contributed by atoms with Crippen LogP contribution in [0, 0.1) is 0 Å². The van der Waals surface area contributed by atoms with Crippen LogP contribution in [0.2, 0.25) is 0 Å².